The van der Waals surface area contributed by atoms with Gasteiger partial charge in [-0.25, -0.2) is 4.99 Å². The number of nitrogens with zero attached hydrogens (tertiary/aromatic N) is 6. The third kappa shape index (κ3) is 5.20. The van der Waals surface area contributed by atoms with Gasteiger partial charge in [0, 0.05) is 5.56 Å². The van der Waals surface area contributed by atoms with E-state index in [9.17, 15) is 10.4 Å². The predicted molar refractivity (Wildman–Crippen MR) is 140 cm³/mol. The van der Waals surface area contributed by atoms with Crippen molar-refractivity contribution >= 4 is 23.3 Å². The lowest BCUT2D eigenvalue weighted by Crippen LogP contribution is -2.61. The number of fused-ring (bicyclic) bond motifs is 1. The number of hydrogen-bond acceptors (Lipinski definition) is 8. The van der Waals surface area contributed by atoms with Gasteiger partial charge in [0.05, 0.1) is 23.7 Å². The standard InChI is InChI=1S/C26H27ClN6O4/c1-3-13-32(34)15-22-25(33(35,17-32)14-4-2)30-24(28-22)18-9-11-19(12-10-18)36-16-23-29-26(37-31-23)20-7-5-6-8-21(20)27/h5-12,15H,3-4,13-14,16-17H2,1-2H3. The van der Waals surface area contributed by atoms with Crippen molar-refractivity contribution in [2.45, 2.75) is 33.3 Å². The van der Waals surface area contributed by atoms with Gasteiger partial charge in [0.15, 0.2) is 12.4 Å². The number of aliphatic imine (C=N–C) groups is 2. The first-order chi connectivity index (χ1) is 17.8. The summed E-state index contributed by atoms with van der Waals surface area (Å²) < 4.78 is 9.65. The zero-order valence-corrected chi connectivity index (χ0v) is 21.4. The van der Waals surface area contributed by atoms with Crippen molar-refractivity contribution in [3.05, 3.63) is 87.3 Å². The first-order valence-corrected chi connectivity index (χ1v) is 12.6. The molecule has 2 atom stereocenters. The van der Waals surface area contributed by atoms with Crippen LogP contribution in [0.1, 0.15) is 38.1 Å². The van der Waals surface area contributed by atoms with E-state index in [2.05, 4.69) is 20.1 Å². The fourth-order valence-electron chi connectivity index (χ4n) is 4.54. The van der Waals surface area contributed by atoms with Crippen LogP contribution >= 0.6 is 11.6 Å². The van der Waals surface area contributed by atoms with Crippen molar-refractivity contribution in [1.82, 2.24) is 10.1 Å². The van der Waals surface area contributed by atoms with Gasteiger partial charge in [-0.2, -0.15) is 9.98 Å². The number of ether oxygens (including phenoxy) is 1. The van der Waals surface area contributed by atoms with E-state index < -0.39 is 9.29 Å². The second-order valence-corrected chi connectivity index (χ2v) is 9.53. The molecule has 10 nitrogen and oxygen atoms in total. The molecule has 0 spiro atoms. The second kappa shape index (κ2) is 10.2. The number of rotatable bonds is 9. The molecule has 0 saturated carbocycles. The van der Waals surface area contributed by atoms with Gasteiger partial charge in [0.1, 0.15) is 11.9 Å². The summed E-state index contributed by atoms with van der Waals surface area (Å²) in [5, 5.41) is 31.3. The minimum absolute atomic E-state index is 0.109. The van der Waals surface area contributed by atoms with Gasteiger partial charge < -0.3 is 19.7 Å². The van der Waals surface area contributed by atoms with Crippen LogP contribution in [0.25, 0.3) is 11.5 Å². The van der Waals surface area contributed by atoms with Crippen molar-refractivity contribution in [2.75, 3.05) is 19.8 Å². The third-order valence-corrected chi connectivity index (χ3v) is 6.45. The third-order valence-electron chi connectivity index (χ3n) is 6.12. The molecule has 0 amide bonds. The molecule has 2 aliphatic rings. The van der Waals surface area contributed by atoms with Crippen LogP contribution in [-0.4, -0.2) is 50.9 Å². The van der Waals surface area contributed by atoms with Gasteiger partial charge in [-0.15, -0.1) is 0 Å². The Morgan fingerprint density at radius 2 is 1.76 bits per heavy atom. The highest BCUT2D eigenvalue weighted by Gasteiger charge is 2.43. The Morgan fingerprint density at radius 3 is 2.49 bits per heavy atom. The fourth-order valence-corrected chi connectivity index (χ4v) is 4.75. The van der Waals surface area contributed by atoms with Crippen LogP contribution in [0.15, 0.2) is 74.9 Å². The molecule has 11 heteroatoms. The lowest BCUT2D eigenvalue weighted by atomic mass is 10.2. The molecule has 37 heavy (non-hydrogen) atoms. The van der Waals surface area contributed by atoms with E-state index in [1.165, 1.54) is 6.20 Å². The summed E-state index contributed by atoms with van der Waals surface area (Å²) in [6.07, 6.45) is 2.84. The first kappa shape index (κ1) is 25.2. The van der Waals surface area contributed by atoms with Crippen LogP contribution in [-0.2, 0) is 6.61 Å². The fraction of sp³-hybridized carbons (Fsp3) is 0.308. The SMILES string of the molecule is CCC[N+]1([O-])C=C2N=C(c3ccc(OCc4noc(-c5ccccc5Cl)n4)cc3)N=C2[N+]([O-])(CCC)C1. The molecule has 1 aromatic heterocycles. The maximum Gasteiger partial charge on any atom is 0.266 e. The summed E-state index contributed by atoms with van der Waals surface area (Å²) in [6, 6.07) is 14.4. The molecule has 0 fully saturated rings. The van der Waals surface area contributed by atoms with Crippen molar-refractivity contribution in [2.24, 2.45) is 9.98 Å². The molecule has 0 radical (unpaired) electrons. The van der Waals surface area contributed by atoms with Gasteiger partial charge in [-0.3, -0.25) is 9.29 Å². The summed E-state index contributed by atoms with van der Waals surface area (Å²) in [5.74, 6) is 2.02. The molecule has 0 aliphatic carbocycles. The van der Waals surface area contributed by atoms with E-state index in [1.54, 1.807) is 24.3 Å². The maximum absolute atomic E-state index is 13.6. The van der Waals surface area contributed by atoms with Gasteiger partial charge in [-0.05, 0) is 49.2 Å². The van der Waals surface area contributed by atoms with E-state index in [4.69, 9.17) is 20.9 Å². The van der Waals surface area contributed by atoms with E-state index >= 15 is 0 Å². The number of halogens is 1. The Balaban J connectivity index is 1.30. The van der Waals surface area contributed by atoms with E-state index in [1.807, 2.05) is 38.1 Å². The number of aromatic nitrogens is 2. The van der Waals surface area contributed by atoms with E-state index in [0.717, 1.165) is 5.56 Å². The lowest BCUT2D eigenvalue weighted by molar-refractivity contribution is -1.00. The van der Waals surface area contributed by atoms with E-state index in [-0.39, 0.29) is 19.8 Å². The second-order valence-electron chi connectivity index (χ2n) is 9.12. The van der Waals surface area contributed by atoms with Crippen LogP contribution < -0.4 is 4.74 Å². The molecule has 0 saturated heterocycles. The van der Waals surface area contributed by atoms with Gasteiger partial charge in [0.25, 0.3) is 11.7 Å². The number of benzene rings is 2. The zero-order valence-electron chi connectivity index (χ0n) is 20.6. The quantitative estimate of drug-likeness (QED) is 0.274. The largest absolute Gasteiger partial charge is 0.624 e. The van der Waals surface area contributed by atoms with Gasteiger partial charge in [-0.1, -0.05) is 42.7 Å². The average Bonchev–Trinajstić information content (AvgIpc) is 3.51. The topological polar surface area (TPSA) is 119 Å². The Labute approximate surface area is 219 Å². The van der Waals surface area contributed by atoms with Crippen molar-refractivity contribution in [3.8, 4) is 17.2 Å². The number of hydroxylamine groups is 6. The van der Waals surface area contributed by atoms with Crippen LogP contribution in [0.5, 0.6) is 5.75 Å². The predicted octanol–water partition coefficient (Wildman–Crippen LogP) is 5.39. The molecule has 5 rings (SSSR count). The molecule has 0 bridgehead atoms. The molecule has 192 valence electrons. The summed E-state index contributed by atoms with van der Waals surface area (Å²) in [6.45, 7) is 4.47. The molecule has 3 heterocycles. The molecule has 2 aliphatic heterocycles. The molecule has 2 unspecified atom stereocenters. The summed E-state index contributed by atoms with van der Waals surface area (Å²) >= 11 is 6.19. The summed E-state index contributed by atoms with van der Waals surface area (Å²) in [7, 11) is 0. The highest BCUT2D eigenvalue weighted by atomic mass is 35.5. The Bertz CT molecular complexity index is 1390. The van der Waals surface area contributed by atoms with Crippen LogP contribution in [0.4, 0.5) is 0 Å². The number of quaternary nitrogens is 2. The van der Waals surface area contributed by atoms with Gasteiger partial charge in [0.2, 0.25) is 18.2 Å². The lowest BCUT2D eigenvalue weighted by Gasteiger charge is -2.51. The molecule has 3 aromatic rings. The Hall–Kier alpha value is -3.41. The highest BCUT2D eigenvalue weighted by Crippen LogP contribution is 2.32. The smallest absolute Gasteiger partial charge is 0.266 e. The van der Waals surface area contributed by atoms with Crippen molar-refractivity contribution in [3.63, 3.8) is 0 Å². The minimum Gasteiger partial charge on any atom is -0.624 e. The van der Waals surface area contributed by atoms with Crippen LogP contribution in [0.3, 0.4) is 0 Å². The van der Waals surface area contributed by atoms with Crippen LogP contribution in [0, 0.1) is 10.4 Å². The monoisotopic (exact) mass is 522 g/mol. The summed E-state index contributed by atoms with van der Waals surface area (Å²) in [4.78, 5) is 13.5. The average molecular weight is 523 g/mol. The molecular weight excluding hydrogens is 496 g/mol. The Kier molecular flexibility index (Phi) is 6.93. The highest BCUT2D eigenvalue weighted by molar-refractivity contribution is 6.33. The zero-order chi connectivity index (χ0) is 26.0. The van der Waals surface area contributed by atoms with Crippen molar-refractivity contribution in [1.29, 1.82) is 0 Å². The first-order valence-electron chi connectivity index (χ1n) is 12.2. The normalized spacial score (nSPS) is 22.8. The summed E-state index contributed by atoms with van der Waals surface area (Å²) in [5.41, 5.74) is 1.75. The van der Waals surface area contributed by atoms with Crippen LogP contribution in [0.2, 0.25) is 5.02 Å². The molecule has 2 aromatic carbocycles. The number of hydrogen-bond donors (Lipinski definition) is 0. The maximum atomic E-state index is 13.6. The minimum atomic E-state index is -0.763. The molecule has 0 N–H and O–H groups in total. The van der Waals surface area contributed by atoms with Crippen molar-refractivity contribution < 1.29 is 18.6 Å². The Morgan fingerprint density at radius 1 is 1.00 bits per heavy atom. The van der Waals surface area contributed by atoms with E-state index in [0.29, 0.717) is 64.8 Å². The van der Waals surface area contributed by atoms with Gasteiger partial charge >= 0.3 is 0 Å². The number of amidine groups is 2. The molecular formula is C26H27ClN6O4.